The minimum absolute atomic E-state index is 0.199. The number of ether oxygens (including phenoxy) is 1. The first-order valence-corrected chi connectivity index (χ1v) is 9.86. The molecule has 0 saturated heterocycles. The maximum Gasteiger partial charge on any atom is 0.340 e. The summed E-state index contributed by atoms with van der Waals surface area (Å²) < 4.78 is 6.35. The van der Waals surface area contributed by atoms with E-state index in [2.05, 4.69) is 15.9 Å². The van der Waals surface area contributed by atoms with Crippen LogP contribution in [0, 0.1) is 13.8 Å². The van der Waals surface area contributed by atoms with Crippen molar-refractivity contribution in [1.82, 2.24) is 0 Å². The molecule has 1 atom stereocenters. The molecule has 0 aromatic heterocycles. The number of ketones is 1. The van der Waals surface area contributed by atoms with E-state index in [1.165, 1.54) is 0 Å². The van der Waals surface area contributed by atoms with E-state index in [0.717, 1.165) is 11.1 Å². The second-order valence-electron chi connectivity index (χ2n) is 6.55. The van der Waals surface area contributed by atoms with Gasteiger partial charge in [0.1, 0.15) is 0 Å². The molecule has 1 unspecified atom stereocenters. The van der Waals surface area contributed by atoms with Crippen LogP contribution < -0.4 is 0 Å². The van der Waals surface area contributed by atoms with Gasteiger partial charge in [-0.3, -0.25) is 4.79 Å². The molecule has 0 N–H and O–H groups in total. The van der Waals surface area contributed by atoms with Gasteiger partial charge in [-0.25, -0.2) is 4.79 Å². The summed E-state index contributed by atoms with van der Waals surface area (Å²) in [6.45, 7) is 3.90. The van der Waals surface area contributed by atoms with E-state index in [9.17, 15) is 9.59 Å². The zero-order valence-electron chi connectivity index (χ0n) is 15.4. The van der Waals surface area contributed by atoms with Gasteiger partial charge in [0.05, 0.1) is 10.6 Å². The average molecular weight is 458 g/mol. The molecule has 0 heterocycles. The summed E-state index contributed by atoms with van der Waals surface area (Å²) in [6.07, 6.45) is -1.06. The maximum atomic E-state index is 13.1. The molecule has 28 heavy (non-hydrogen) atoms. The summed E-state index contributed by atoms with van der Waals surface area (Å²) in [4.78, 5) is 25.9. The number of aryl methyl sites for hydroxylation is 2. The van der Waals surface area contributed by atoms with Crippen molar-refractivity contribution in [3.63, 3.8) is 0 Å². The van der Waals surface area contributed by atoms with Crippen molar-refractivity contribution in [2.45, 2.75) is 20.0 Å². The Hall–Kier alpha value is -2.43. The first-order valence-electron chi connectivity index (χ1n) is 8.68. The molecule has 3 nitrogen and oxygen atoms in total. The Labute approximate surface area is 177 Å². The number of rotatable bonds is 5. The lowest BCUT2D eigenvalue weighted by atomic mass is 9.98. The van der Waals surface area contributed by atoms with Crippen molar-refractivity contribution < 1.29 is 14.3 Å². The summed E-state index contributed by atoms with van der Waals surface area (Å²) in [7, 11) is 0. The Kier molecular flexibility index (Phi) is 6.32. The van der Waals surface area contributed by atoms with Gasteiger partial charge in [0, 0.05) is 15.6 Å². The first-order chi connectivity index (χ1) is 13.3. The van der Waals surface area contributed by atoms with Gasteiger partial charge in [-0.2, -0.15) is 0 Å². The number of halogens is 2. The van der Waals surface area contributed by atoms with Gasteiger partial charge in [0.15, 0.2) is 6.10 Å². The first kappa shape index (κ1) is 20.3. The van der Waals surface area contributed by atoms with Crippen molar-refractivity contribution in [2.75, 3.05) is 0 Å². The molecule has 0 amide bonds. The van der Waals surface area contributed by atoms with Crippen LogP contribution in [0.4, 0.5) is 0 Å². The molecule has 3 aromatic carbocycles. The normalized spacial score (nSPS) is 11.7. The Morgan fingerprint density at radius 2 is 1.46 bits per heavy atom. The summed E-state index contributed by atoms with van der Waals surface area (Å²) in [6, 6.07) is 19.4. The molecule has 0 spiro atoms. The maximum absolute atomic E-state index is 13.1. The molecule has 0 aliphatic heterocycles. The van der Waals surface area contributed by atoms with Crippen molar-refractivity contribution in [3.8, 4) is 0 Å². The van der Waals surface area contributed by atoms with Crippen LogP contribution in [0.3, 0.4) is 0 Å². The van der Waals surface area contributed by atoms with Crippen LogP contribution in [0.2, 0.25) is 5.02 Å². The zero-order valence-corrected chi connectivity index (χ0v) is 17.8. The minimum Gasteiger partial charge on any atom is -0.445 e. The lowest BCUT2D eigenvalue weighted by molar-refractivity contribution is 0.0280. The molecular formula is C23H18BrClO3. The van der Waals surface area contributed by atoms with Crippen molar-refractivity contribution >= 4 is 39.3 Å². The molecule has 3 rings (SSSR count). The number of Topliss-reactive ketones (excluding diaryl/α,β-unsaturated/α-hetero) is 1. The average Bonchev–Trinajstić information content (AvgIpc) is 2.68. The Balaban J connectivity index is 1.97. The Morgan fingerprint density at radius 3 is 2.07 bits per heavy atom. The Morgan fingerprint density at radius 1 is 0.893 bits per heavy atom. The van der Waals surface area contributed by atoms with E-state index < -0.39 is 12.1 Å². The second-order valence-corrected chi connectivity index (χ2v) is 7.87. The van der Waals surface area contributed by atoms with Crippen molar-refractivity contribution in [2.24, 2.45) is 0 Å². The highest BCUT2D eigenvalue weighted by molar-refractivity contribution is 9.10. The molecule has 3 aromatic rings. The van der Waals surface area contributed by atoms with Crippen LogP contribution in [0.5, 0.6) is 0 Å². The van der Waals surface area contributed by atoms with Crippen molar-refractivity contribution in [3.05, 3.63) is 104 Å². The van der Waals surface area contributed by atoms with Gasteiger partial charge in [-0.05, 0) is 32.0 Å². The van der Waals surface area contributed by atoms with Crippen LogP contribution in [-0.2, 0) is 4.74 Å². The standard InChI is InChI=1S/C23H18BrClO3/c1-14-3-7-16(8-4-14)21(26)22(17-9-5-15(2)6-10-17)28-23(27)19-13-18(24)11-12-20(19)25/h3-13,22H,1-2H3. The van der Waals surface area contributed by atoms with Crippen LogP contribution in [0.15, 0.2) is 71.2 Å². The van der Waals surface area contributed by atoms with E-state index in [4.69, 9.17) is 16.3 Å². The third-order valence-corrected chi connectivity index (χ3v) is 5.15. The minimum atomic E-state index is -1.06. The largest absolute Gasteiger partial charge is 0.445 e. The topological polar surface area (TPSA) is 43.4 Å². The van der Waals surface area contributed by atoms with Crippen LogP contribution in [0.25, 0.3) is 0 Å². The van der Waals surface area contributed by atoms with Gasteiger partial charge < -0.3 is 4.74 Å². The Bertz CT molecular complexity index is 1010. The summed E-state index contributed by atoms with van der Waals surface area (Å²) in [5.41, 5.74) is 3.37. The highest BCUT2D eigenvalue weighted by atomic mass is 79.9. The number of hydrogen-bond donors (Lipinski definition) is 0. The van der Waals surface area contributed by atoms with E-state index >= 15 is 0 Å². The molecular weight excluding hydrogens is 440 g/mol. The van der Waals surface area contributed by atoms with E-state index in [-0.39, 0.29) is 16.4 Å². The highest BCUT2D eigenvalue weighted by Gasteiger charge is 2.27. The van der Waals surface area contributed by atoms with E-state index in [0.29, 0.717) is 15.6 Å². The SMILES string of the molecule is Cc1ccc(C(=O)C(OC(=O)c2cc(Br)ccc2Cl)c2ccc(C)cc2)cc1. The van der Waals surface area contributed by atoms with Crippen molar-refractivity contribution in [1.29, 1.82) is 0 Å². The summed E-state index contributed by atoms with van der Waals surface area (Å²) in [5.74, 6) is -0.944. The third-order valence-electron chi connectivity index (χ3n) is 4.33. The van der Waals surface area contributed by atoms with Gasteiger partial charge in [0.2, 0.25) is 5.78 Å². The molecule has 0 saturated carbocycles. The van der Waals surface area contributed by atoms with Gasteiger partial charge in [0.25, 0.3) is 0 Å². The fourth-order valence-corrected chi connectivity index (χ4v) is 3.26. The predicted octanol–water partition coefficient (Wildman–Crippen LogP) is 6.50. The lowest BCUT2D eigenvalue weighted by Gasteiger charge is -2.18. The number of benzene rings is 3. The van der Waals surface area contributed by atoms with Gasteiger partial charge in [-0.1, -0.05) is 87.2 Å². The molecule has 0 radical (unpaired) electrons. The van der Waals surface area contributed by atoms with Gasteiger partial charge >= 0.3 is 5.97 Å². The summed E-state index contributed by atoms with van der Waals surface area (Å²) >= 11 is 9.47. The molecule has 142 valence electrons. The van der Waals surface area contributed by atoms with E-state index in [1.807, 2.05) is 38.1 Å². The van der Waals surface area contributed by atoms with Crippen LogP contribution in [-0.4, -0.2) is 11.8 Å². The number of hydrogen-bond acceptors (Lipinski definition) is 3. The highest BCUT2D eigenvalue weighted by Crippen LogP contribution is 2.28. The number of esters is 1. The molecule has 0 bridgehead atoms. The third kappa shape index (κ3) is 4.70. The molecule has 0 fully saturated rings. The quantitative estimate of drug-likeness (QED) is 0.324. The van der Waals surface area contributed by atoms with Gasteiger partial charge in [-0.15, -0.1) is 0 Å². The van der Waals surface area contributed by atoms with Crippen LogP contribution >= 0.6 is 27.5 Å². The zero-order chi connectivity index (χ0) is 20.3. The fourth-order valence-electron chi connectivity index (χ4n) is 2.71. The smallest absolute Gasteiger partial charge is 0.340 e. The summed E-state index contributed by atoms with van der Waals surface area (Å²) in [5, 5.41) is 0.263. The van der Waals surface area contributed by atoms with E-state index in [1.54, 1.807) is 42.5 Å². The monoisotopic (exact) mass is 456 g/mol. The molecule has 5 heteroatoms. The predicted molar refractivity (Wildman–Crippen MR) is 114 cm³/mol. The fraction of sp³-hybridized carbons (Fsp3) is 0.130. The van der Waals surface area contributed by atoms with Crippen LogP contribution in [0.1, 0.15) is 43.5 Å². The molecule has 0 aliphatic rings. The number of carbonyl (C=O) groups excluding carboxylic acids is 2. The second kappa shape index (κ2) is 8.72. The molecule has 0 aliphatic carbocycles. The lowest BCUT2D eigenvalue weighted by Crippen LogP contribution is -2.20. The number of carbonyl (C=O) groups is 2.